The summed E-state index contributed by atoms with van der Waals surface area (Å²) in [5, 5.41) is 0.770. The monoisotopic (exact) mass is 416 g/mol. The molecule has 0 spiro atoms. The second kappa shape index (κ2) is 8.63. The second-order valence-electron chi connectivity index (χ2n) is 7.58. The zero-order valence-electron chi connectivity index (χ0n) is 17.0. The fraction of sp³-hybridized carbons (Fsp3) is 0. The maximum absolute atomic E-state index is 6.42. The van der Waals surface area contributed by atoms with Crippen LogP contribution in [0.1, 0.15) is 0 Å². The summed E-state index contributed by atoms with van der Waals surface area (Å²) in [7, 11) is 0. The van der Waals surface area contributed by atoms with Crippen molar-refractivity contribution in [3.8, 4) is 44.5 Å². The molecule has 0 saturated heterocycles. The number of hydrogen-bond donors (Lipinski definition) is 0. The Balaban J connectivity index is 1.47. The third kappa shape index (κ3) is 4.17. The molecule has 0 heterocycles. The molecule has 5 aromatic rings. The van der Waals surface area contributed by atoms with E-state index >= 15 is 0 Å². The van der Waals surface area contributed by atoms with Crippen LogP contribution in [0.3, 0.4) is 0 Å². The molecule has 0 saturated carbocycles. The van der Waals surface area contributed by atoms with Gasteiger partial charge in [-0.3, -0.25) is 0 Å². The average molecular weight is 417 g/mol. The predicted molar refractivity (Wildman–Crippen MR) is 133 cm³/mol. The Morgan fingerprint density at radius 3 is 1.39 bits per heavy atom. The van der Waals surface area contributed by atoms with Crippen LogP contribution >= 0.6 is 11.6 Å². The summed E-state index contributed by atoms with van der Waals surface area (Å²) in [6, 6.07) is 44.5. The Labute approximate surface area is 188 Å². The molecule has 1 heteroatoms. The van der Waals surface area contributed by atoms with Gasteiger partial charge in [-0.2, -0.15) is 0 Å². The Hall–Kier alpha value is -3.61. The van der Waals surface area contributed by atoms with E-state index < -0.39 is 0 Å². The smallest absolute Gasteiger partial charge is 0.0484 e. The van der Waals surface area contributed by atoms with Crippen molar-refractivity contribution in [1.29, 1.82) is 0 Å². The number of halogens is 1. The van der Waals surface area contributed by atoms with Gasteiger partial charge in [-0.05, 0) is 57.1 Å². The first-order chi connectivity index (χ1) is 15.3. The maximum Gasteiger partial charge on any atom is 0.0484 e. The van der Waals surface area contributed by atoms with Crippen LogP contribution in [-0.4, -0.2) is 0 Å². The molecule has 0 bridgehead atoms. The van der Waals surface area contributed by atoms with Gasteiger partial charge in [0.25, 0.3) is 0 Å². The summed E-state index contributed by atoms with van der Waals surface area (Å²) >= 11 is 6.42. The van der Waals surface area contributed by atoms with E-state index in [-0.39, 0.29) is 0 Å². The molecule has 5 aromatic carbocycles. The summed E-state index contributed by atoms with van der Waals surface area (Å²) in [4.78, 5) is 0. The molecule has 31 heavy (non-hydrogen) atoms. The lowest BCUT2D eigenvalue weighted by Crippen LogP contribution is -1.84. The lowest BCUT2D eigenvalue weighted by Gasteiger charge is -2.10. The van der Waals surface area contributed by atoms with Gasteiger partial charge in [0.2, 0.25) is 0 Å². The molecule has 0 fully saturated rings. The van der Waals surface area contributed by atoms with Crippen molar-refractivity contribution in [2.45, 2.75) is 0 Å². The molecule has 0 aliphatic rings. The fourth-order valence-corrected chi connectivity index (χ4v) is 4.17. The van der Waals surface area contributed by atoms with Gasteiger partial charge in [0.1, 0.15) is 0 Å². The highest BCUT2D eigenvalue weighted by atomic mass is 35.5. The van der Waals surface area contributed by atoms with Gasteiger partial charge in [-0.15, -0.1) is 0 Å². The maximum atomic E-state index is 6.42. The highest BCUT2D eigenvalue weighted by Gasteiger charge is 2.06. The van der Waals surface area contributed by atoms with E-state index in [1.165, 1.54) is 33.4 Å². The summed E-state index contributed by atoms with van der Waals surface area (Å²) in [6.45, 7) is 0. The predicted octanol–water partition coefficient (Wildman–Crippen LogP) is 9.01. The van der Waals surface area contributed by atoms with Crippen molar-refractivity contribution < 1.29 is 0 Å². The minimum Gasteiger partial charge on any atom is -0.0837 e. The van der Waals surface area contributed by atoms with Crippen molar-refractivity contribution in [2.75, 3.05) is 0 Å². The van der Waals surface area contributed by atoms with Gasteiger partial charge in [-0.1, -0.05) is 121 Å². The molecule has 0 amide bonds. The van der Waals surface area contributed by atoms with Crippen molar-refractivity contribution in [3.05, 3.63) is 132 Å². The topological polar surface area (TPSA) is 0 Å². The molecule has 148 valence electrons. The third-order valence-electron chi connectivity index (χ3n) is 5.57. The SMILES string of the molecule is Clc1ccccc1-c1cccc(-c2cccc(-c3ccc(-c4ccccc4)cc3)c2)c1. The van der Waals surface area contributed by atoms with E-state index in [2.05, 4.69) is 103 Å². The molecule has 0 aromatic heterocycles. The van der Waals surface area contributed by atoms with Crippen LogP contribution in [0.15, 0.2) is 127 Å². The standard InChI is InChI=1S/C30H21Cl/c31-30-15-5-4-14-29(30)28-13-7-12-27(21-28)26-11-6-10-25(20-26)24-18-16-23(17-19-24)22-8-2-1-3-9-22/h1-21H. The van der Waals surface area contributed by atoms with Crippen molar-refractivity contribution in [2.24, 2.45) is 0 Å². The van der Waals surface area contributed by atoms with Gasteiger partial charge < -0.3 is 0 Å². The van der Waals surface area contributed by atoms with E-state index in [1.807, 2.05) is 24.3 Å². The molecular weight excluding hydrogens is 396 g/mol. The zero-order chi connectivity index (χ0) is 21.0. The summed E-state index contributed by atoms with van der Waals surface area (Å²) in [6.07, 6.45) is 0. The fourth-order valence-electron chi connectivity index (χ4n) is 3.93. The normalized spacial score (nSPS) is 10.7. The largest absolute Gasteiger partial charge is 0.0837 e. The highest BCUT2D eigenvalue weighted by Crippen LogP contribution is 2.33. The third-order valence-corrected chi connectivity index (χ3v) is 5.90. The minimum atomic E-state index is 0.770. The van der Waals surface area contributed by atoms with Crippen LogP contribution in [0.25, 0.3) is 44.5 Å². The zero-order valence-corrected chi connectivity index (χ0v) is 17.8. The summed E-state index contributed by atoms with van der Waals surface area (Å²) in [5.41, 5.74) is 9.44. The molecule has 0 aliphatic heterocycles. The van der Waals surface area contributed by atoms with Crippen LogP contribution in [0, 0.1) is 0 Å². The van der Waals surface area contributed by atoms with Gasteiger partial charge in [-0.25, -0.2) is 0 Å². The van der Waals surface area contributed by atoms with Crippen LogP contribution in [0.2, 0.25) is 5.02 Å². The molecule has 0 nitrogen and oxygen atoms in total. The number of rotatable bonds is 4. The highest BCUT2D eigenvalue weighted by molar-refractivity contribution is 6.33. The Morgan fingerprint density at radius 2 is 0.742 bits per heavy atom. The molecule has 0 atom stereocenters. The molecule has 5 rings (SSSR count). The second-order valence-corrected chi connectivity index (χ2v) is 7.99. The Morgan fingerprint density at radius 1 is 0.323 bits per heavy atom. The molecule has 0 aliphatic carbocycles. The van der Waals surface area contributed by atoms with E-state index in [1.54, 1.807) is 0 Å². The Kier molecular flexibility index (Phi) is 5.39. The van der Waals surface area contributed by atoms with Gasteiger partial charge in [0.15, 0.2) is 0 Å². The lowest BCUT2D eigenvalue weighted by atomic mass is 9.95. The van der Waals surface area contributed by atoms with Crippen LogP contribution in [0.5, 0.6) is 0 Å². The lowest BCUT2D eigenvalue weighted by molar-refractivity contribution is 1.56. The van der Waals surface area contributed by atoms with E-state index in [0.29, 0.717) is 0 Å². The van der Waals surface area contributed by atoms with E-state index in [4.69, 9.17) is 11.6 Å². The van der Waals surface area contributed by atoms with Crippen molar-refractivity contribution in [1.82, 2.24) is 0 Å². The molecule has 0 radical (unpaired) electrons. The summed E-state index contributed by atoms with van der Waals surface area (Å²) in [5.74, 6) is 0. The quantitative estimate of drug-likeness (QED) is 0.274. The van der Waals surface area contributed by atoms with Crippen LogP contribution < -0.4 is 0 Å². The van der Waals surface area contributed by atoms with E-state index in [9.17, 15) is 0 Å². The van der Waals surface area contributed by atoms with Crippen molar-refractivity contribution >= 4 is 11.6 Å². The summed E-state index contributed by atoms with van der Waals surface area (Å²) < 4.78 is 0. The Bertz CT molecular complexity index is 1320. The molecular formula is C30H21Cl. The van der Waals surface area contributed by atoms with Crippen molar-refractivity contribution in [3.63, 3.8) is 0 Å². The first-order valence-electron chi connectivity index (χ1n) is 10.4. The minimum absolute atomic E-state index is 0.770. The van der Waals surface area contributed by atoms with Gasteiger partial charge in [0, 0.05) is 10.6 Å². The van der Waals surface area contributed by atoms with Crippen LogP contribution in [-0.2, 0) is 0 Å². The number of hydrogen-bond acceptors (Lipinski definition) is 0. The molecule has 0 unspecified atom stereocenters. The van der Waals surface area contributed by atoms with Gasteiger partial charge in [0.05, 0.1) is 0 Å². The van der Waals surface area contributed by atoms with E-state index in [0.717, 1.165) is 16.1 Å². The molecule has 0 N–H and O–H groups in total. The number of benzene rings is 5. The average Bonchev–Trinajstić information content (AvgIpc) is 2.85. The first kappa shape index (κ1) is 19.4. The van der Waals surface area contributed by atoms with Gasteiger partial charge >= 0.3 is 0 Å². The van der Waals surface area contributed by atoms with Crippen LogP contribution in [0.4, 0.5) is 0 Å². The first-order valence-corrected chi connectivity index (χ1v) is 10.8.